The number of carbonyl (C=O) groups is 2. The maximum absolute atomic E-state index is 13.9. The van der Waals surface area contributed by atoms with Crippen molar-refractivity contribution in [1.82, 2.24) is 4.90 Å². The first-order valence-corrected chi connectivity index (χ1v) is 15.5. The maximum atomic E-state index is 13.9. The molecule has 216 valence electrons. The number of aryl methyl sites for hydroxylation is 2. The van der Waals surface area contributed by atoms with Crippen LogP contribution in [0.3, 0.4) is 0 Å². The van der Waals surface area contributed by atoms with E-state index in [9.17, 15) is 19.7 Å². The van der Waals surface area contributed by atoms with Gasteiger partial charge in [0.1, 0.15) is 5.75 Å². The summed E-state index contributed by atoms with van der Waals surface area (Å²) >= 11 is 0. The number of hydrogen-bond donors (Lipinski definition) is 2. The zero-order valence-corrected chi connectivity index (χ0v) is 24.9. The molecule has 0 aromatic heterocycles. The van der Waals surface area contributed by atoms with Crippen LogP contribution in [0.25, 0.3) is 6.08 Å². The highest BCUT2D eigenvalue weighted by Crippen LogP contribution is 2.52. The van der Waals surface area contributed by atoms with E-state index in [4.69, 9.17) is 4.65 Å². The van der Waals surface area contributed by atoms with Crippen LogP contribution in [0.4, 0.5) is 0 Å². The Hall–Kier alpha value is -2.38. The molecular formula is C33H46BNO5. The predicted molar refractivity (Wildman–Crippen MR) is 158 cm³/mol. The molecule has 2 aliphatic heterocycles. The van der Waals surface area contributed by atoms with Crippen LogP contribution in [0.15, 0.2) is 28.9 Å². The minimum absolute atomic E-state index is 0.00716. The second kappa shape index (κ2) is 11.9. The standard InChI is InChI=1S/C33H46BNO5/c1-6-22(16-23-14-20(4)31(36)21(5)15-23)12-13-28-29-25(19(2)3)17-26-30(27(29)18-34(39)40-28)33(38)35(32(26)37)24-10-8-7-9-11-24/h14-16,19,24,26-28,30,36,39H,6-13,17-18H2,1-5H3/b22-16+/t26-,27+,28-,30-/m1/s1. The number of likely N-dealkylation sites (tertiary alicyclic amines) is 1. The fourth-order valence-corrected chi connectivity index (χ4v) is 7.95. The van der Waals surface area contributed by atoms with Crippen LogP contribution in [0, 0.1) is 37.5 Å². The van der Waals surface area contributed by atoms with E-state index in [0.717, 1.165) is 61.6 Å². The highest BCUT2D eigenvalue weighted by Gasteiger charge is 2.58. The van der Waals surface area contributed by atoms with Gasteiger partial charge in [-0.25, -0.2) is 0 Å². The molecule has 0 spiro atoms. The van der Waals surface area contributed by atoms with Crippen LogP contribution in [0.5, 0.6) is 5.75 Å². The van der Waals surface area contributed by atoms with Crippen molar-refractivity contribution >= 4 is 25.0 Å². The Balaban J connectivity index is 1.42. The Bertz CT molecular complexity index is 1190. The molecular weight excluding hydrogens is 501 g/mol. The van der Waals surface area contributed by atoms with E-state index in [1.807, 2.05) is 26.0 Å². The molecule has 2 saturated heterocycles. The van der Waals surface area contributed by atoms with Crippen LogP contribution in [0.2, 0.25) is 6.32 Å². The number of hydrogen-bond acceptors (Lipinski definition) is 5. The number of amides is 2. The molecule has 3 fully saturated rings. The lowest BCUT2D eigenvalue weighted by molar-refractivity contribution is -0.143. The van der Waals surface area contributed by atoms with Crippen molar-refractivity contribution in [2.45, 2.75) is 111 Å². The lowest BCUT2D eigenvalue weighted by Crippen LogP contribution is -2.47. The first-order valence-electron chi connectivity index (χ1n) is 15.5. The number of carbonyl (C=O) groups excluding carboxylic acids is 2. The number of benzene rings is 1. The number of fused-ring (bicyclic) bond motifs is 3. The first-order chi connectivity index (χ1) is 19.1. The molecule has 1 aromatic rings. The summed E-state index contributed by atoms with van der Waals surface area (Å²) in [7, 11) is -0.936. The largest absolute Gasteiger partial charge is 0.507 e. The third kappa shape index (κ3) is 5.44. The van der Waals surface area contributed by atoms with E-state index in [0.29, 0.717) is 18.5 Å². The molecule has 7 heteroatoms. The van der Waals surface area contributed by atoms with E-state index >= 15 is 0 Å². The second-order valence-electron chi connectivity index (χ2n) is 12.9. The second-order valence-corrected chi connectivity index (χ2v) is 12.9. The van der Waals surface area contributed by atoms with Crippen LogP contribution >= 0.6 is 0 Å². The van der Waals surface area contributed by atoms with Gasteiger partial charge < -0.3 is 14.8 Å². The van der Waals surface area contributed by atoms with Crippen molar-refractivity contribution in [3.05, 3.63) is 45.5 Å². The summed E-state index contributed by atoms with van der Waals surface area (Å²) in [6, 6.07) is 4.06. The quantitative estimate of drug-likeness (QED) is 0.235. The highest BCUT2D eigenvalue weighted by atomic mass is 16.5. The third-order valence-electron chi connectivity index (χ3n) is 9.98. The van der Waals surface area contributed by atoms with Crippen molar-refractivity contribution in [3.8, 4) is 5.75 Å². The molecule has 6 nitrogen and oxygen atoms in total. The molecule has 0 unspecified atom stereocenters. The van der Waals surface area contributed by atoms with Crippen LogP contribution < -0.4 is 0 Å². The van der Waals surface area contributed by atoms with Gasteiger partial charge >= 0.3 is 7.12 Å². The Morgan fingerprint density at radius 1 is 1.10 bits per heavy atom. The third-order valence-corrected chi connectivity index (χ3v) is 9.98. The van der Waals surface area contributed by atoms with Crippen LogP contribution in [-0.2, 0) is 14.2 Å². The fourth-order valence-electron chi connectivity index (χ4n) is 7.95. The summed E-state index contributed by atoms with van der Waals surface area (Å²) in [4.78, 5) is 29.3. The predicted octanol–water partition coefficient (Wildman–Crippen LogP) is 6.37. The summed E-state index contributed by atoms with van der Waals surface area (Å²) in [5.41, 5.74) is 6.52. The van der Waals surface area contributed by atoms with Gasteiger partial charge in [0, 0.05) is 6.04 Å². The van der Waals surface area contributed by atoms with Crippen molar-refractivity contribution in [3.63, 3.8) is 0 Å². The lowest BCUT2D eigenvalue weighted by Gasteiger charge is -2.44. The van der Waals surface area contributed by atoms with Gasteiger partial charge in [-0.15, -0.1) is 0 Å². The van der Waals surface area contributed by atoms with Crippen molar-refractivity contribution in [2.24, 2.45) is 23.7 Å². The van der Waals surface area contributed by atoms with Gasteiger partial charge in [0.05, 0.1) is 17.9 Å². The molecule has 1 aromatic carbocycles. The van der Waals surface area contributed by atoms with Gasteiger partial charge in [0.15, 0.2) is 0 Å². The van der Waals surface area contributed by atoms with Gasteiger partial charge in [-0.3, -0.25) is 14.5 Å². The Morgan fingerprint density at radius 2 is 1.77 bits per heavy atom. The average molecular weight is 548 g/mol. The van der Waals surface area contributed by atoms with Crippen molar-refractivity contribution in [2.75, 3.05) is 0 Å². The summed E-state index contributed by atoms with van der Waals surface area (Å²) in [5.74, 6) is -0.228. The molecule has 4 aliphatic rings. The fraction of sp³-hybridized carbons (Fsp3) is 0.636. The lowest BCUT2D eigenvalue weighted by atomic mass is 9.57. The van der Waals surface area contributed by atoms with Gasteiger partial charge in [-0.1, -0.05) is 57.3 Å². The molecule has 1 saturated carbocycles. The summed E-state index contributed by atoms with van der Waals surface area (Å²) in [6.07, 6.45) is 10.5. The molecule has 5 rings (SSSR count). The molecule has 2 amide bonds. The molecule has 0 bridgehead atoms. The number of aromatic hydroxyl groups is 1. The Morgan fingerprint density at radius 3 is 2.40 bits per heavy atom. The first kappa shape index (κ1) is 29.1. The van der Waals surface area contributed by atoms with Crippen molar-refractivity contribution in [1.29, 1.82) is 0 Å². The van der Waals surface area contributed by atoms with E-state index < -0.39 is 7.12 Å². The highest BCUT2D eigenvalue weighted by molar-refractivity contribution is 6.43. The number of imide groups is 1. The number of allylic oxidation sites excluding steroid dienone is 2. The normalized spacial score (nSPS) is 28.0. The molecule has 2 heterocycles. The van der Waals surface area contributed by atoms with Gasteiger partial charge in [0.25, 0.3) is 0 Å². The molecule has 2 aliphatic carbocycles. The summed E-state index contributed by atoms with van der Waals surface area (Å²) in [5, 5.41) is 21.1. The van der Waals surface area contributed by atoms with Gasteiger partial charge in [0.2, 0.25) is 11.8 Å². The zero-order chi connectivity index (χ0) is 28.7. The maximum Gasteiger partial charge on any atom is 0.455 e. The van der Waals surface area contributed by atoms with E-state index in [1.54, 1.807) is 4.90 Å². The van der Waals surface area contributed by atoms with E-state index in [1.165, 1.54) is 23.1 Å². The topological polar surface area (TPSA) is 87.1 Å². The van der Waals surface area contributed by atoms with Crippen LogP contribution in [0.1, 0.15) is 95.2 Å². The van der Waals surface area contributed by atoms with E-state index in [2.05, 4.69) is 26.8 Å². The minimum Gasteiger partial charge on any atom is -0.507 e. The number of rotatable bonds is 7. The smallest absolute Gasteiger partial charge is 0.455 e. The Kier molecular flexibility index (Phi) is 8.63. The molecule has 4 atom stereocenters. The van der Waals surface area contributed by atoms with Crippen molar-refractivity contribution < 1.29 is 24.4 Å². The number of phenols is 1. The van der Waals surface area contributed by atoms with Crippen LogP contribution in [-0.4, -0.2) is 46.1 Å². The zero-order valence-electron chi connectivity index (χ0n) is 24.9. The minimum atomic E-state index is -0.936. The summed E-state index contributed by atoms with van der Waals surface area (Å²) < 4.78 is 6.22. The SMILES string of the molecule is CC/C(=C\c1cc(C)c(O)c(C)c1)CC[C@H]1OB(O)C[C@H]2C1=C(C(C)C)C[C@H]1C(=O)N(C3CCCCC3)C(=O)[C@H]12. The number of nitrogens with zero attached hydrogens (tertiary/aromatic N) is 1. The van der Waals surface area contributed by atoms with Gasteiger partial charge in [-0.05, 0) is 105 Å². The monoisotopic (exact) mass is 547 g/mol. The molecule has 2 N–H and O–H groups in total. The molecule has 40 heavy (non-hydrogen) atoms. The Labute approximate surface area is 240 Å². The van der Waals surface area contributed by atoms with E-state index in [-0.39, 0.29) is 47.6 Å². The van der Waals surface area contributed by atoms with Gasteiger partial charge in [-0.2, -0.15) is 0 Å². The number of phenolic OH excluding ortho intramolecular Hbond substituents is 1. The summed E-state index contributed by atoms with van der Waals surface area (Å²) in [6.45, 7) is 10.3. The molecule has 0 radical (unpaired) electrons. The average Bonchev–Trinajstić information content (AvgIpc) is 3.18.